The Morgan fingerprint density at radius 1 is 1.06 bits per heavy atom. The molecule has 3 aromatic rings. The van der Waals surface area contributed by atoms with Crippen LogP contribution in [0.25, 0.3) is 0 Å². The molecule has 0 aliphatic carbocycles. The molecule has 1 amide bonds. The SMILES string of the molecule is NC(CC(=O)c1nnc(CCCCNc2ccccn2)s1)(NC(=O)OCc1ccccc1)C(=O)O. The average molecular weight is 499 g/mol. The fourth-order valence-corrected chi connectivity index (χ4v) is 3.81. The molecule has 5 N–H and O–H groups in total. The van der Waals surface area contributed by atoms with E-state index in [1.807, 2.05) is 24.3 Å². The van der Waals surface area contributed by atoms with Crippen LogP contribution in [0.1, 0.15) is 39.6 Å². The van der Waals surface area contributed by atoms with Gasteiger partial charge in [0.15, 0.2) is 16.5 Å². The normalized spacial score (nSPS) is 12.4. The number of rotatable bonds is 13. The van der Waals surface area contributed by atoms with Gasteiger partial charge in [-0.15, -0.1) is 10.2 Å². The maximum Gasteiger partial charge on any atom is 0.409 e. The van der Waals surface area contributed by atoms with Gasteiger partial charge in [-0.1, -0.05) is 47.7 Å². The van der Waals surface area contributed by atoms with E-state index in [0.717, 1.165) is 36.5 Å². The molecule has 0 aliphatic rings. The number of unbranched alkanes of at least 4 members (excludes halogenated alkanes) is 1. The Morgan fingerprint density at radius 2 is 1.83 bits per heavy atom. The van der Waals surface area contributed by atoms with Gasteiger partial charge in [0.1, 0.15) is 17.4 Å². The van der Waals surface area contributed by atoms with Crippen LogP contribution in [0, 0.1) is 0 Å². The Hall–Kier alpha value is -3.90. The first-order chi connectivity index (χ1) is 16.9. The van der Waals surface area contributed by atoms with E-state index < -0.39 is 29.9 Å². The van der Waals surface area contributed by atoms with Crippen molar-refractivity contribution in [1.82, 2.24) is 20.5 Å². The van der Waals surface area contributed by atoms with Crippen molar-refractivity contribution in [3.63, 3.8) is 0 Å². The Balaban J connectivity index is 1.46. The van der Waals surface area contributed by atoms with Crippen molar-refractivity contribution in [3.05, 3.63) is 70.3 Å². The molecule has 2 heterocycles. The van der Waals surface area contributed by atoms with Gasteiger partial charge in [-0.25, -0.2) is 14.6 Å². The number of carboxylic acids is 1. The number of hydrogen-bond acceptors (Lipinski definition) is 10. The summed E-state index contributed by atoms with van der Waals surface area (Å²) in [6, 6.07) is 14.5. The number of hydrogen-bond donors (Lipinski definition) is 4. The zero-order valence-corrected chi connectivity index (χ0v) is 19.7. The molecule has 3 rings (SSSR count). The lowest BCUT2D eigenvalue weighted by atomic mass is 10.0. The summed E-state index contributed by atoms with van der Waals surface area (Å²) in [6.45, 7) is 0.662. The van der Waals surface area contributed by atoms with E-state index in [-0.39, 0.29) is 11.6 Å². The van der Waals surface area contributed by atoms with E-state index in [9.17, 15) is 19.5 Å². The number of pyridine rings is 1. The molecule has 12 heteroatoms. The maximum atomic E-state index is 12.6. The van der Waals surface area contributed by atoms with Crippen molar-refractivity contribution < 1.29 is 24.2 Å². The number of aromatic nitrogens is 3. The molecule has 0 spiro atoms. The summed E-state index contributed by atoms with van der Waals surface area (Å²) in [5.41, 5.74) is 4.19. The number of nitrogens with zero attached hydrogens (tertiary/aromatic N) is 3. The lowest BCUT2D eigenvalue weighted by Gasteiger charge is -2.24. The smallest absolute Gasteiger partial charge is 0.409 e. The van der Waals surface area contributed by atoms with E-state index in [2.05, 4.69) is 25.8 Å². The quantitative estimate of drug-likeness (QED) is 0.156. The first-order valence-electron chi connectivity index (χ1n) is 10.9. The monoisotopic (exact) mass is 498 g/mol. The molecular weight excluding hydrogens is 472 g/mol. The highest BCUT2D eigenvalue weighted by Crippen LogP contribution is 2.17. The Morgan fingerprint density at radius 3 is 2.54 bits per heavy atom. The predicted molar refractivity (Wildman–Crippen MR) is 129 cm³/mol. The summed E-state index contributed by atoms with van der Waals surface area (Å²) in [4.78, 5) is 40.6. The van der Waals surface area contributed by atoms with Crippen LogP contribution in [0.2, 0.25) is 0 Å². The van der Waals surface area contributed by atoms with Crippen LogP contribution >= 0.6 is 11.3 Å². The average Bonchev–Trinajstić information content (AvgIpc) is 3.33. The molecule has 2 aromatic heterocycles. The van der Waals surface area contributed by atoms with Crippen molar-refractivity contribution in [2.24, 2.45) is 5.73 Å². The minimum absolute atomic E-state index is 0.0298. The number of nitrogens with one attached hydrogen (secondary N) is 2. The summed E-state index contributed by atoms with van der Waals surface area (Å²) < 4.78 is 5.02. The second-order valence-corrected chi connectivity index (χ2v) is 8.73. The minimum Gasteiger partial charge on any atom is -0.478 e. The molecule has 0 fully saturated rings. The van der Waals surface area contributed by atoms with Gasteiger partial charge in [0, 0.05) is 19.2 Å². The molecule has 0 saturated carbocycles. The molecule has 35 heavy (non-hydrogen) atoms. The van der Waals surface area contributed by atoms with E-state index in [4.69, 9.17) is 10.5 Å². The minimum atomic E-state index is -2.35. The predicted octanol–water partition coefficient (Wildman–Crippen LogP) is 2.61. The molecule has 184 valence electrons. The Bertz CT molecular complexity index is 1130. The second-order valence-electron chi connectivity index (χ2n) is 7.66. The van der Waals surface area contributed by atoms with Crippen molar-refractivity contribution in [2.45, 2.75) is 38.0 Å². The van der Waals surface area contributed by atoms with Crippen LogP contribution in [0.4, 0.5) is 10.6 Å². The topological polar surface area (TPSA) is 169 Å². The van der Waals surface area contributed by atoms with Gasteiger partial charge in [0.05, 0.1) is 6.42 Å². The van der Waals surface area contributed by atoms with Gasteiger partial charge >= 0.3 is 12.1 Å². The number of aliphatic carboxylic acids is 1. The zero-order valence-electron chi connectivity index (χ0n) is 18.8. The van der Waals surface area contributed by atoms with Crippen molar-refractivity contribution in [3.8, 4) is 0 Å². The van der Waals surface area contributed by atoms with Gasteiger partial charge in [-0.3, -0.25) is 15.8 Å². The molecule has 1 aromatic carbocycles. The van der Waals surface area contributed by atoms with Crippen molar-refractivity contribution in [2.75, 3.05) is 11.9 Å². The van der Waals surface area contributed by atoms with E-state index in [1.165, 1.54) is 0 Å². The third-order valence-electron chi connectivity index (χ3n) is 4.85. The lowest BCUT2D eigenvalue weighted by molar-refractivity contribution is -0.144. The number of ketones is 1. The van der Waals surface area contributed by atoms with Gasteiger partial charge in [0.2, 0.25) is 0 Å². The number of carboxylic acid groups (broad SMARTS) is 1. The summed E-state index contributed by atoms with van der Waals surface area (Å²) in [5.74, 6) is -1.41. The summed E-state index contributed by atoms with van der Waals surface area (Å²) in [6.07, 6.45) is 2.25. The van der Waals surface area contributed by atoms with Crippen LogP contribution in [0.15, 0.2) is 54.7 Å². The standard InChI is InChI=1S/C23H26N6O5S/c24-23(21(31)32,27-22(33)34-15-16-8-2-1-3-9-16)14-17(30)20-29-28-19(35-20)11-5-7-13-26-18-10-4-6-12-25-18/h1-4,6,8-10,12H,5,7,11,13-15,24H2,(H,25,26)(H,27,33)(H,31,32). The second kappa shape index (κ2) is 12.5. The maximum absolute atomic E-state index is 12.6. The van der Waals surface area contributed by atoms with Gasteiger partial charge in [-0.2, -0.15) is 0 Å². The number of carbonyl (C=O) groups is 3. The summed E-state index contributed by atoms with van der Waals surface area (Å²) in [5, 5.41) is 23.4. The third-order valence-corrected chi connectivity index (χ3v) is 5.88. The summed E-state index contributed by atoms with van der Waals surface area (Å²) >= 11 is 1.08. The molecule has 1 atom stereocenters. The van der Waals surface area contributed by atoms with Crippen molar-refractivity contribution >= 4 is 35.0 Å². The van der Waals surface area contributed by atoms with E-state index in [0.29, 0.717) is 17.0 Å². The number of ether oxygens (including phenoxy) is 1. The highest BCUT2D eigenvalue weighted by Gasteiger charge is 2.40. The highest BCUT2D eigenvalue weighted by molar-refractivity contribution is 7.13. The first-order valence-corrected chi connectivity index (χ1v) is 11.7. The Labute approximate surface area is 205 Å². The number of anilines is 1. The largest absolute Gasteiger partial charge is 0.478 e. The molecule has 0 radical (unpaired) electrons. The van der Waals surface area contributed by atoms with Crippen LogP contribution in [-0.4, -0.2) is 50.3 Å². The van der Waals surface area contributed by atoms with Gasteiger partial charge in [-0.05, 0) is 30.5 Å². The summed E-state index contributed by atoms with van der Waals surface area (Å²) in [7, 11) is 0. The third kappa shape index (κ3) is 8.12. The Kier molecular flexibility index (Phi) is 9.21. The van der Waals surface area contributed by atoms with Crippen LogP contribution in [0.5, 0.6) is 0 Å². The molecule has 0 bridgehead atoms. The number of amides is 1. The number of alkyl carbamates (subject to hydrolysis) is 1. The fourth-order valence-electron chi connectivity index (χ4n) is 3.00. The van der Waals surface area contributed by atoms with E-state index >= 15 is 0 Å². The van der Waals surface area contributed by atoms with Crippen LogP contribution in [0.3, 0.4) is 0 Å². The van der Waals surface area contributed by atoms with Crippen molar-refractivity contribution in [1.29, 1.82) is 0 Å². The molecule has 0 saturated heterocycles. The highest BCUT2D eigenvalue weighted by atomic mass is 32.1. The molecule has 11 nitrogen and oxygen atoms in total. The first kappa shape index (κ1) is 25.7. The lowest BCUT2D eigenvalue weighted by Crippen LogP contribution is -2.62. The molecule has 1 unspecified atom stereocenters. The van der Waals surface area contributed by atoms with Gasteiger partial charge < -0.3 is 15.2 Å². The number of nitrogens with two attached hydrogens (primary N) is 1. The molecular formula is C23H26N6O5S. The zero-order chi connectivity index (χ0) is 25.1. The number of Topliss-reactive ketones (excluding diaryl/α,β-unsaturated/α-hetero) is 1. The number of carbonyl (C=O) groups excluding carboxylic acids is 2. The number of aryl methyl sites for hydroxylation is 1. The molecule has 0 aliphatic heterocycles. The number of benzene rings is 1. The van der Waals surface area contributed by atoms with E-state index in [1.54, 1.807) is 30.5 Å². The van der Waals surface area contributed by atoms with Crippen LogP contribution in [-0.2, 0) is 22.6 Å². The van der Waals surface area contributed by atoms with Crippen LogP contribution < -0.4 is 16.4 Å². The van der Waals surface area contributed by atoms with Gasteiger partial charge in [0.25, 0.3) is 0 Å². The fraction of sp³-hybridized carbons (Fsp3) is 0.304.